The Bertz CT molecular complexity index is 1140. The van der Waals surface area contributed by atoms with Crippen molar-refractivity contribution in [1.29, 1.82) is 0 Å². The molecular formula is C25H30F6N4O5S. The van der Waals surface area contributed by atoms with E-state index in [1.165, 1.54) is 9.75 Å². The Hall–Kier alpha value is -3.24. The molecule has 9 nitrogen and oxygen atoms in total. The number of nitrogens with zero attached hydrogens (tertiary/aromatic N) is 4. The van der Waals surface area contributed by atoms with Gasteiger partial charge in [-0.2, -0.15) is 26.3 Å². The molecule has 2 N–H and O–H groups in total. The molecule has 1 spiro atoms. The smallest absolute Gasteiger partial charge is 0.475 e. The van der Waals surface area contributed by atoms with E-state index in [-0.39, 0.29) is 5.54 Å². The van der Waals surface area contributed by atoms with Crippen LogP contribution in [0.4, 0.5) is 26.3 Å². The summed E-state index contributed by atoms with van der Waals surface area (Å²) >= 11 is 1.88. The molecule has 1 amide bonds. The Kier molecular flexibility index (Phi) is 11.7. The third-order valence-corrected chi connectivity index (χ3v) is 7.57. The number of aliphatic carboxylic acids is 2. The van der Waals surface area contributed by atoms with Crippen molar-refractivity contribution in [3.63, 3.8) is 0 Å². The number of carbonyl (C=O) groups excluding carboxylic acids is 1. The van der Waals surface area contributed by atoms with Crippen molar-refractivity contribution >= 4 is 29.2 Å². The number of hydrogen-bond acceptors (Lipinski definition) is 7. The van der Waals surface area contributed by atoms with Crippen molar-refractivity contribution in [3.8, 4) is 0 Å². The van der Waals surface area contributed by atoms with Gasteiger partial charge in [0, 0.05) is 61.4 Å². The fourth-order valence-electron chi connectivity index (χ4n) is 4.37. The van der Waals surface area contributed by atoms with Crippen molar-refractivity contribution in [2.45, 2.75) is 50.7 Å². The van der Waals surface area contributed by atoms with E-state index in [0.717, 1.165) is 51.1 Å². The van der Waals surface area contributed by atoms with Gasteiger partial charge < -0.3 is 15.1 Å². The number of rotatable bonds is 4. The highest BCUT2D eigenvalue weighted by atomic mass is 32.1. The minimum Gasteiger partial charge on any atom is -0.475 e. The molecule has 4 rings (SSSR count). The number of thiophene rings is 1. The molecule has 0 unspecified atom stereocenters. The molecule has 2 aromatic rings. The van der Waals surface area contributed by atoms with Crippen LogP contribution in [0.1, 0.15) is 28.2 Å². The number of alkyl halides is 6. The zero-order chi connectivity index (χ0) is 31.0. The highest BCUT2D eigenvalue weighted by Gasteiger charge is 2.49. The SMILES string of the molecule is Cc1ccc(CN2CCC3(CC2)C(=O)N(Cc2ccncc2)CCN3C)s1.O=C(O)C(F)(F)F.O=C(O)C(F)(F)F. The Labute approximate surface area is 236 Å². The Morgan fingerprint density at radius 2 is 1.41 bits per heavy atom. The zero-order valence-electron chi connectivity index (χ0n) is 22.2. The van der Waals surface area contributed by atoms with Crippen molar-refractivity contribution in [2.75, 3.05) is 33.2 Å². The average molecular weight is 613 g/mol. The van der Waals surface area contributed by atoms with Gasteiger partial charge in [-0.25, -0.2) is 9.59 Å². The first-order valence-corrected chi connectivity index (χ1v) is 13.0. The van der Waals surface area contributed by atoms with Crippen LogP contribution < -0.4 is 0 Å². The number of likely N-dealkylation sites (tertiary alicyclic amines) is 1. The molecule has 0 saturated carbocycles. The summed E-state index contributed by atoms with van der Waals surface area (Å²) in [5.74, 6) is -5.21. The van der Waals surface area contributed by atoms with Crippen LogP contribution in [0, 0.1) is 6.92 Å². The monoisotopic (exact) mass is 612 g/mol. The molecular weight excluding hydrogens is 582 g/mol. The summed E-state index contributed by atoms with van der Waals surface area (Å²) in [5, 5.41) is 14.2. The van der Waals surface area contributed by atoms with Gasteiger partial charge in [0.2, 0.25) is 5.91 Å². The number of piperazine rings is 1. The lowest BCUT2D eigenvalue weighted by Crippen LogP contribution is -2.67. The number of hydrogen-bond donors (Lipinski definition) is 2. The molecule has 0 aromatic carbocycles. The first-order valence-electron chi connectivity index (χ1n) is 12.2. The average Bonchev–Trinajstić information content (AvgIpc) is 3.30. The number of amides is 1. The molecule has 2 saturated heterocycles. The van der Waals surface area contributed by atoms with Crippen LogP contribution in [0.25, 0.3) is 0 Å². The van der Waals surface area contributed by atoms with Gasteiger partial charge in [0.15, 0.2) is 0 Å². The van der Waals surface area contributed by atoms with Crippen LogP contribution in [0.2, 0.25) is 0 Å². The van der Waals surface area contributed by atoms with Crippen LogP contribution in [0.3, 0.4) is 0 Å². The summed E-state index contributed by atoms with van der Waals surface area (Å²) in [5.41, 5.74) is 0.830. The second kappa shape index (κ2) is 14.1. The van der Waals surface area contributed by atoms with Crippen LogP contribution in [0.5, 0.6) is 0 Å². The van der Waals surface area contributed by atoms with Gasteiger partial charge in [0.1, 0.15) is 5.54 Å². The van der Waals surface area contributed by atoms with E-state index in [2.05, 4.69) is 40.9 Å². The predicted octanol–water partition coefficient (Wildman–Crippen LogP) is 4.03. The van der Waals surface area contributed by atoms with Gasteiger partial charge in [-0.3, -0.25) is 19.6 Å². The molecule has 2 fully saturated rings. The largest absolute Gasteiger partial charge is 0.490 e. The van der Waals surface area contributed by atoms with E-state index in [0.29, 0.717) is 12.5 Å². The Morgan fingerprint density at radius 1 is 0.902 bits per heavy atom. The fraction of sp³-hybridized carbons (Fsp3) is 0.520. The molecule has 0 bridgehead atoms. The molecule has 228 valence electrons. The molecule has 41 heavy (non-hydrogen) atoms. The number of aromatic nitrogens is 1. The molecule has 2 aliphatic heterocycles. The molecule has 2 aliphatic rings. The summed E-state index contributed by atoms with van der Waals surface area (Å²) in [6, 6.07) is 8.44. The van der Waals surface area contributed by atoms with Gasteiger partial charge in [0.25, 0.3) is 0 Å². The molecule has 0 radical (unpaired) electrons. The standard InChI is InChI=1S/C21H28N4OS.2C2HF3O2/c1-17-3-4-19(27-17)16-24-11-7-21(8-12-24)20(26)25(14-13-23(21)2)15-18-5-9-22-10-6-18;2*3-2(4,5)1(6)7/h3-6,9-10H,7-8,11-16H2,1-2H3;2*(H,6,7). The number of piperidine rings is 1. The van der Waals surface area contributed by atoms with E-state index in [1.54, 1.807) is 12.4 Å². The van der Waals surface area contributed by atoms with Crippen LogP contribution >= 0.6 is 11.3 Å². The first-order chi connectivity index (χ1) is 19.0. The molecule has 4 heterocycles. The van der Waals surface area contributed by atoms with Gasteiger partial charge in [-0.05, 0) is 56.6 Å². The van der Waals surface area contributed by atoms with E-state index in [4.69, 9.17) is 19.8 Å². The fourth-order valence-corrected chi connectivity index (χ4v) is 5.30. The second-order valence-corrected chi connectivity index (χ2v) is 10.8. The van der Waals surface area contributed by atoms with Gasteiger partial charge >= 0.3 is 24.3 Å². The normalized spacial score (nSPS) is 17.8. The number of carbonyl (C=O) groups is 3. The van der Waals surface area contributed by atoms with E-state index in [1.807, 2.05) is 28.4 Å². The molecule has 0 aliphatic carbocycles. The summed E-state index contributed by atoms with van der Waals surface area (Å²) in [6.45, 7) is 7.57. The lowest BCUT2D eigenvalue weighted by Gasteiger charge is -2.51. The van der Waals surface area contributed by atoms with Crippen LogP contribution in [0.15, 0.2) is 36.7 Å². The molecule has 0 atom stereocenters. The van der Waals surface area contributed by atoms with Gasteiger partial charge in [-0.1, -0.05) is 0 Å². The third-order valence-electron chi connectivity index (χ3n) is 6.59. The van der Waals surface area contributed by atoms with E-state index < -0.39 is 24.3 Å². The van der Waals surface area contributed by atoms with Crippen molar-refractivity contribution in [1.82, 2.24) is 19.7 Å². The summed E-state index contributed by atoms with van der Waals surface area (Å²) < 4.78 is 63.5. The number of aryl methyl sites for hydroxylation is 1. The van der Waals surface area contributed by atoms with E-state index >= 15 is 0 Å². The summed E-state index contributed by atoms with van der Waals surface area (Å²) in [6.07, 6.45) is -4.73. The van der Waals surface area contributed by atoms with Crippen LogP contribution in [-0.4, -0.2) is 98.9 Å². The maximum Gasteiger partial charge on any atom is 0.490 e. The topological polar surface area (TPSA) is 114 Å². The van der Waals surface area contributed by atoms with Gasteiger partial charge in [0.05, 0.1) is 0 Å². The Morgan fingerprint density at radius 3 is 1.85 bits per heavy atom. The van der Waals surface area contributed by atoms with Crippen molar-refractivity contribution < 1.29 is 50.9 Å². The summed E-state index contributed by atoms with van der Waals surface area (Å²) in [4.78, 5) is 45.0. The quantitative estimate of drug-likeness (QED) is 0.498. The lowest BCUT2D eigenvalue weighted by molar-refractivity contribution is -0.193. The predicted molar refractivity (Wildman–Crippen MR) is 136 cm³/mol. The van der Waals surface area contributed by atoms with Crippen LogP contribution in [-0.2, 0) is 27.5 Å². The number of carboxylic acids is 2. The molecule has 2 aromatic heterocycles. The minimum atomic E-state index is -5.08. The second-order valence-electron chi connectivity index (χ2n) is 9.43. The highest BCUT2D eigenvalue weighted by Crippen LogP contribution is 2.34. The summed E-state index contributed by atoms with van der Waals surface area (Å²) in [7, 11) is 2.12. The van der Waals surface area contributed by atoms with Crippen molar-refractivity contribution in [2.24, 2.45) is 0 Å². The number of pyridine rings is 1. The number of carboxylic acid groups (broad SMARTS) is 2. The minimum absolute atomic E-state index is 0.305. The highest BCUT2D eigenvalue weighted by molar-refractivity contribution is 7.11. The number of likely N-dealkylation sites (N-methyl/N-ethyl adjacent to an activating group) is 1. The first kappa shape index (κ1) is 34.0. The maximum absolute atomic E-state index is 13.4. The number of halogens is 6. The zero-order valence-corrected chi connectivity index (χ0v) is 23.0. The molecule has 16 heteroatoms. The lowest BCUT2D eigenvalue weighted by atomic mass is 9.82. The van der Waals surface area contributed by atoms with E-state index in [9.17, 15) is 31.1 Å². The van der Waals surface area contributed by atoms with Crippen molar-refractivity contribution in [3.05, 3.63) is 52.0 Å². The van der Waals surface area contributed by atoms with Gasteiger partial charge in [-0.15, -0.1) is 11.3 Å². The maximum atomic E-state index is 13.4. The Balaban J connectivity index is 0.000000349. The third kappa shape index (κ3) is 9.97.